The Morgan fingerprint density at radius 2 is 2.37 bits per heavy atom. The number of carbonyl (C=O) groups excluding carboxylic acids is 1. The monoisotopic (exact) mass is 272 g/mol. The Labute approximate surface area is 113 Å². The van der Waals surface area contributed by atoms with Crippen LogP contribution in [0.25, 0.3) is 10.9 Å². The fraction of sp³-hybridized carbons (Fsp3) is 0.0769. The number of hydrogen-bond acceptors (Lipinski definition) is 4. The number of H-pyrrole nitrogens is 1. The Kier molecular flexibility index (Phi) is 2.92. The van der Waals surface area contributed by atoms with Crippen LogP contribution in [0.3, 0.4) is 0 Å². The quantitative estimate of drug-likeness (QED) is 0.681. The zero-order chi connectivity index (χ0) is 13.2. The van der Waals surface area contributed by atoms with Gasteiger partial charge >= 0.3 is 0 Å². The van der Waals surface area contributed by atoms with Crippen LogP contribution in [0.4, 0.5) is 5.69 Å². The number of aromatic amines is 1. The minimum Gasteiger partial charge on any atom is -0.380 e. The Bertz CT molecular complexity index is 731. The number of nitrogens with zero attached hydrogens (tertiary/aromatic N) is 1. The number of carbonyl (C=O) groups is 1. The molecule has 0 fully saturated rings. The van der Waals surface area contributed by atoms with E-state index in [1.807, 2.05) is 24.3 Å². The maximum absolute atomic E-state index is 11.0. The fourth-order valence-corrected chi connectivity index (χ4v) is 2.72. The number of benzene rings is 1. The molecule has 2 aromatic heterocycles. The van der Waals surface area contributed by atoms with Crippen molar-refractivity contribution in [2.75, 3.05) is 5.32 Å². The summed E-state index contributed by atoms with van der Waals surface area (Å²) in [5.74, 6) is -0.389. The lowest BCUT2D eigenvalue weighted by Crippen LogP contribution is -2.09. The van der Waals surface area contributed by atoms with E-state index >= 15 is 0 Å². The topological polar surface area (TPSA) is 83.8 Å². The Morgan fingerprint density at radius 3 is 3.16 bits per heavy atom. The summed E-state index contributed by atoms with van der Waals surface area (Å²) in [5.41, 5.74) is 7.80. The number of nitrogens with two attached hydrogens (primary N) is 1. The minimum atomic E-state index is -0.389. The summed E-state index contributed by atoms with van der Waals surface area (Å²) in [6.07, 6.45) is 1.79. The molecular formula is C13H12N4OS. The molecule has 1 amide bonds. The molecule has 0 saturated heterocycles. The largest absolute Gasteiger partial charge is 0.380 e. The van der Waals surface area contributed by atoms with Gasteiger partial charge in [-0.2, -0.15) is 5.10 Å². The molecule has 19 heavy (non-hydrogen) atoms. The number of primary amides is 1. The van der Waals surface area contributed by atoms with Crippen molar-refractivity contribution in [2.45, 2.75) is 6.54 Å². The SMILES string of the molecule is NC(=O)c1csc(CNc2cccc3[nH]ncc23)c1. The summed E-state index contributed by atoms with van der Waals surface area (Å²) < 4.78 is 0. The Hall–Kier alpha value is -2.34. The molecule has 0 spiro atoms. The third kappa shape index (κ3) is 2.30. The van der Waals surface area contributed by atoms with Crippen LogP contribution in [0.1, 0.15) is 15.2 Å². The number of fused-ring (bicyclic) bond motifs is 1. The number of thiophene rings is 1. The molecule has 0 aliphatic carbocycles. The van der Waals surface area contributed by atoms with Gasteiger partial charge in [-0.1, -0.05) is 6.07 Å². The highest BCUT2D eigenvalue weighted by Crippen LogP contribution is 2.23. The van der Waals surface area contributed by atoms with E-state index in [0.717, 1.165) is 21.5 Å². The van der Waals surface area contributed by atoms with Crippen molar-refractivity contribution in [2.24, 2.45) is 5.73 Å². The van der Waals surface area contributed by atoms with Gasteiger partial charge in [-0.3, -0.25) is 9.89 Å². The minimum absolute atomic E-state index is 0.389. The van der Waals surface area contributed by atoms with Crippen molar-refractivity contribution < 1.29 is 4.79 Å². The molecule has 0 saturated carbocycles. The molecule has 0 radical (unpaired) electrons. The zero-order valence-corrected chi connectivity index (χ0v) is 10.8. The lowest BCUT2D eigenvalue weighted by atomic mass is 10.2. The second kappa shape index (κ2) is 4.74. The van der Waals surface area contributed by atoms with Gasteiger partial charge in [0.05, 0.1) is 17.3 Å². The normalized spacial score (nSPS) is 10.7. The van der Waals surface area contributed by atoms with Crippen molar-refractivity contribution in [3.05, 3.63) is 46.3 Å². The van der Waals surface area contributed by atoms with E-state index in [4.69, 9.17) is 5.73 Å². The zero-order valence-electron chi connectivity index (χ0n) is 10.0. The number of anilines is 1. The first-order valence-corrected chi connectivity index (χ1v) is 6.65. The molecule has 2 heterocycles. The predicted molar refractivity (Wildman–Crippen MR) is 76.3 cm³/mol. The molecular weight excluding hydrogens is 260 g/mol. The Balaban J connectivity index is 1.78. The van der Waals surface area contributed by atoms with Crippen LogP contribution in [-0.2, 0) is 6.54 Å². The van der Waals surface area contributed by atoms with Crippen molar-refractivity contribution >= 4 is 33.8 Å². The van der Waals surface area contributed by atoms with Crippen LogP contribution < -0.4 is 11.1 Å². The highest BCUT2D eigenvalue weighted by molar-refractivity contribution is 7.10. The lowest BCUT2D eigenvalue weighted by Gasteiger charge is -2.05. The van der Waals surface area contributed by atoms with Gasteiger partial charge in [0.1, 0.15) is 0 Å². The first-order valence-electron chi connectivity index (χ1n) is 5.77. The molecule has 96 valence electrons. The van der Waals surface area contributed by atoms with E-state index < -0.39 is 0 Å². The van der Waals surface area contributed by atoms with Gasteiger partial charge in [0.25, 0.3) is 0 Å². The second-order valence-corrected chi connectivity index (χ2v) is 5.15. The maximum Gasteiger partial charge on any atom is 0.249 e. The van der Waals surface area contributed by atoms with Crippen molar-refractivity contribution in [1.82, 2.24) is 10.2 Å². The van der Waals surface area contributed by atoms with Crippen LogP contribution in [0.15, 0.2) is 35.8 Å². The number of aromatic nitrogens is 2. The van der Waals surface area contributed by atoms with Gasteiger partial charge < -0.3 is 11.1 Å². The van der Waals surface area contributed by atoms with Gasteiger partial charge in [-0.15, -0.1) is 11.3 Å². The van der Waals surface area contributed by atoms with Gasteiger partial charge in [-0.25, -0.2) is 0 Å². The molecule has 0 aliphatic heterocycles. The number of amides is 1. The summed E-state index contributed by atoms with van der Waals surface area (Å²) in [7, 11) is 0. The molecule has 0 bridgehead atoms. The molecule has 3 aromatic rings. The van der Waals surface area contributed by atoms with Crippen LogP contribution in [0.2, 0.25) is 0 Å². The van der Waals surface area contributed by atoms with Crippen molar-refractivity contribution in [1.29, 1.82) is 0 Å². The molecule has 3 rings (SSSR count). The van der Waals surface area contributed by atoms with Gasteiger partial charge in [-0.05, 0) is 18.2 Å². The van der Waals surface area contributed by atoms with Gasteiger partial charge in [0.15, 0.2) is 0 Å². The summed E-state index contributed by atoms with van der Waals surface area (Å²) in [4.78, 5) is 12.1. The molecule has 5 nitrogen and oxygen atoms in total. The summed E-state index contributed by atoms with van der Waals surface area (Å²) in [6, 6.07) is 7.76. The number of rotatable bonds is 4. The molecule has 6 heteroatoms. The first-order chi connectivity index (χ1) is 9.24. The van der Waals surface area contributed by atoms with E-state index in [1.54, 1.807) is 11.6 Å². The number of nitrogens with one attached hydrogen (secondary N) is 2. The fourth-order valence-electron chi connectivity index (χ4n) is 1.91. The second-order valence-electron chi connectivity index (χ2n) is 4.16. The summed E-state index contributed by atoms with van der Waals surface area (Å²) >= 11 is 1.52. The average Bonchev–Trinajstić information content (AvgIpc) is 3.05. The van der Waals surface area contributed by atoms with Crippen LogP contribution >= 0.6 is 11.3 Å². The van der Waals surface area contributed by atoms with E-state index in [2.05, 4.69) is 15.5 Å². The van der Waals surface area contributed by atoms with Crippen molar-refractivity contribution in [3.8, 4) is 0 Å². The molecule has 1 aromatic carbocycles. The van der Waals surface area contributed by atoms with Crippen LogP contribution in [0.5, 0.6) is 0 Å². The third-order valence-electron chi connectivity index (χ3n) is 2.88. The van der Waals surface area contributed by atoms with Gasteiger partial charge in [0.2, 0.25) is 5.91 Å². The summed E-state index contributed by atoms with van der Waals surface area (Å²) in [6.45, 7) is 0.655. The average molecular weight is 272 g/mol. The maximum atomic E-state index is 11.0. The van der Waals surface area contributed by atoms with E-state index in [-0.39, 0.29) is 5.91 Å². The predicted octanol–water partition coefficient (Wildman–Crippen LogP) is 2.34. The van der Waals surface area contributed by atoms with E-state index in [9.17, 15) is 4.79 Å². The van der Waals surface area contributed by atoms with Gasteiger partial charge in [0, 0.05) is 27.9 Å². The highest BCUT2D eigenvalue weighted by Gasteiger charge is 2.06. The molecule has 0 aliphatic rings. The third-order valence-corrected chi connectivity index (χ3v) is 3.81. The standard InChI is InChI=1S/C13H12N4OS/c14-13(18)8-4-9(19-7-8)5-15-11-2-1-3-12-10(11)6-16-17-12/h1-4,6-7,15H,5H2,(H2,14,18)(H,16,17). The highest BCUT2D eigenvalue weighted by atomic mass is 32.1. The molecule has 4 N–H and O–H groups in total. The van der Waals surface area contributed by atoms with Crippen LogP contribution in [0, 0.1) is 0 Å². The molecule has 0 atom stereocenters. The summed E-state index contributed by atoms with van der Waals surface area (Å²) in [5, 5.41) is 13.1. The number of hydrogen-bond donors (Lipinski definition) is 3. The molecule has 0 unspecified atom stereocenters. The van der Waals surface area contributed by atoms with Crippen molar-refractivity contribution in [3.63, 3.8) is 0 Å². The first kappa shape index (κ1) is 11.7. The van der Waals surface area contributed by atoms with E-state index in [1.165, 1.54) is 11.3 Å². The van der Waals surface area contributed by atoms with Crippen LogP contribution in [-0.4, -0.2) is 16.1 Å². The lowest BCUT2D eigenvalue weighted by molar-refractivity contribution is 0.100. The smallest absolute Gasteiger partial charge is 0.249 e. The van der Waals surface area contributed by atoms with E-state index in [0.29, 0.717) is 12.1 Å². The Morgan fingerprint density at radius 1 is 1.47 bits per heavy atom.